The van der Waals surface area contributed by atoms with Gasteiger partial charge in [-0.05, 0) is 43.1 Å². The quantitative estimate of drug-likeness (QED) is 0.793. The van der Waals surface area contributed by atoms with Crippen molar-refractivity contribution in [1.29, 1.82) is 0 Å². The zero-order chi connectivity index (χ0) is 11.2. The monoisotopic (exact) mass is 235 g/mol. The van der Waals surface area contributed by atoms with E-state index in [-0.39, 0.29) is 0 Å². The normalized spacial score (nSPS) is 15.9. The van der Waals surface area contributed by atoms with E-state index < -0.39 is 0 Å². The van der Waals surface area contributed by atoms with E-state index in [9.17, 15) is 0 Å². The summed E-state index contributed by atoms with van der Waals surface area (Å²) in [4.78, 5) is 6.34. The minimum absolute atomic E-state index is 0.767. The van der Waals surface area contributed by atoms with Crippen molar-refractivity contribution in [1.82, 2.24) is 15.2 Å². The van der Waals surface area contributed by atoms with Crippen LogP contribution in [0.4, 0.5) is 0 Å². The molecule has 1 saturated heterocycles. The number of nitrogens with zero attached hydrogens (tertiary/aromatic N) is 2. The Balaban J connectivity index is 1.79. The zero-order valence-corrected chi connectivity index (χ0v) is 10.2. The average molecular weight is 235 g/mol. The van der Waals surface area contributed by atoms with Gasteiger partial charge in [-0.15, -0.1) is 0 Å². The minimum Gasteiger partial charge on any atom is -0.358 e. The summed E-state index contributed by atoms with van der Waals surface area (Å²) < 4.78 is 0. The molecule has 0 spiro atoms. The van der Waals surface area contributed by atoms with Crippen molar-refractivity contribution in [2.24, 2.45) is 0 Å². The molecule has 2 heterocycles. The molecule has 0 saturated carbocycles. The molecule has 3 nitrogen and oxygen atoms in total. The summed E-state index contributed by atoms with van der Waals surface area (Å²) >= 11 is 5.37. The maximum atomic E-state index is 5.37. The molecule has 0 unspecified atom stereocenters. The molecular formula is C12H17N3S. The van der Waals surface area contributed by atoms with Gasteiger partial charge in [0.15, 0.2) is 5.11 Å². The van der Waals surface area contributed by atoms with Gasteiger partial charge in [0.1, 0.15) is 0 Å². The van der Waals surface area contributed by atoms with E-state index in [0.717, 1.165) is 24.7 Å². The van der Waals surface area contributed by atoms with Gasteiger partial charge in [-0.1, -0.05) is 6.07 Å². The third-order valence-electron chi connectivity index (χ3n) is 2.81. The first-order chi connectivity index (χ1) is 7.86. The summed E-state index contributed by atoms with van der Waals surface area (Å²) in [6.07, 6.45) is 7.50. The van der Waals surface area contributed by atoms with Crippen LogP contribution in [0.15, 0.2) is 24.5 Å². The summed E-state index contributed by atoms with van der Waals surface area (Å²) in [5.41, 5.74) is 1.17. The molecule has 0 radical (unpaired) electrons. The Hall–Kier alpha value is -1.16. The third kappa shape index (κ3) is 3.17. The van der Waals surface area contributed by atoms with Crippen molar-refractivity contribution in [2.75, 3.05) is 13.1 Å². The molecule has 0 amide bonds. The number of likely N-dealkylation sites (tertiary alicyclic amines) is 1. The van der Waals surface area contributed by atoms with Crippen LogP contribution in [0.5, 0.6) is 0 Å². The molecule has 0 bridgehead atoms. The maximum absolute atomic E-state index is 5.37. The first-order valence-electron chi connectivity index (χ1n) is 5.78. The van der Waals surface area contributed by atoms with Gasteiger partial charge >= 0.3 is 0 Å². The van der Waals surface area contributed by atoms with Crippen molar-refractivity contribution in [3.8, 4) is 0 Å². The fourth-order valence-corrected chi connectivity index (χ4v) is 2.14. The van der Waals surface area contributed by atoms with Crippen molar-refractivity contribution in [2.45, 2.75) is 25.8 Å². The van der Waals surface area contributed by atoms with Crippen LogP contribution in [-0.2, 0) is 6.54 Å². The Morgan fingerprint density at radius 1 is 1.38 bits per heavy atom. The molecule has 4 heteroatoms. The topological polar surface area (TPSA) is 28.2 Å². The van der Waals surface area contributed by atoms with Crippen LogP contribution in [0.2, 0.25) is 0 Å². The first kappa shape index (κ1) is 11.3. The van der Waals surface area contributed by atoms with Crippen LogP contribution >= 0.6 is 12.2 Å². The lowest BCUT2D eigenvalue weighted by Crippen LogP contribution is -2.42. The lowest BCUT2D eigenvalue weighted by molar-refractivity contribution is 0.338. The van der Waals surface area contributed by atoms with Gasteiger partial charge in [-0.2, -0.15) is 0 Å². The Morgan fingerprint density at radius 2 is 2.19 bits per heavy atom. The molecule has 0 atom stereocenters. The summed E-state index contributed by atoms with van der Waals surface area (Å²) in [5.74, 6) is 0. The van der Waals surface area contributed by atoms with E-state index >= 15 is 0 Å². The highest BCUT2D eigenvalue weighted by molar-refractivity contribution is 7.80. The van der Waals surface area contributed by atoms with Crippen molar-refractivity contribution in [3.63, 3.8) is 0 Å². The van der Waals surface area contributed by atoms with Crippen LogP contribution in [0.25, 0.3) is 0 Å². The fourth-order valence-electron chi connectivity index (χ4n) is 1.89. The van der Waals surface area contributed by atoms with Crippen LogP contribution in [-0.4, -0.2) is 28.1 Å². The molecule has 1 aromatic rings. The number of rotatable bonds is 2. The molecule has 0 aliphatic carbocycles. The molecule has 0 aromatic carbocycles. The van der Waals surface area contributed by atoms with E-state index in [4.69, 9.17) is 12.2 Å². The lowest BCUT2D eigenvalue weighted by Gasteiger charge is -2.29. The van der Waals surface area contributed by atoms with E-state index in [1.165, 1.54) is 24.8 Å². The maximum Gasteiger partial charge on any atom is 0.169 e. The number of piperidine rings is 1. The summed E-state index contributed by atoms with van der Waals surface area (Å²) in [7, 11) is 0. The van der Waals surface area contributed by atoms with Crippen molar-refractivity contribution >= 4 is 17.3 Å². The number of nitrogens with one attached hydrogen (secondary N) is 1. The molecule has 2 rings (SSSR count). The van der Waals surface area contributed by atoms with Crippen LogP contribution in [0.3, 0.4) is 0 Å². The Labute approximate surface area is 102 Å². The van der Waals surface area contributed by atoms with Gasteiger partial charge in [0, 0.05) is 32.0 Å². The molecule has 16 heavy (non-hydrogen) atoms. The summed E-state index contributed by atoms with van der Waals surface area (Å²) in [6, 6.07) is 4.00. The van der Waals surface area contributed by atoms with Gasteiger partial charge in [0.2, 0.25) is 0 Å². The number of thiocarbonyl (C=S) groups is 1. The van der Waals surface area contributed by atoms with Crippen LogP contribution in [0, 0.1) is 0 Å². The van der Waals surface area contributed by atoms with Crippen molar-refractivity contribution in [3.05, 3.63) is 30.1 Å². The van der Waals surface area contributed by atoms with E-state index in [0.29, 0.717) is 0 Å². The highest BCUT2D eigenvalue weighted by Crippen LogP contribution is 2.08. The Morgan fingerprint density at radius 3 is 2.88 bits per heavy atom. The van der Waals surface area contributed by atoms with E-state index in [2.05, 4.69) is 21.3 Å². The van der Waals surface area contributed by atoms with Crippen molar-refractivity contribution < 1.29 is 0 Å². The minimum atomic E-state index is 0.767. The van der Waals surface area contributed by atoms with Gasteiger partial charge in [-0.25, -0.2) is 0 Å². The van der Waals surface area contributed by atoms with E-state index in [1.807, 2.05) is 12.3 Å². The molecule has 86 valence electrons. The number of aromatic nitrogens is 1. The summed E-state index contributed by atoms with van der Waals surface area (Å²) in [5, 5.41) is 4.16. The third-order valence-corrected chi connectivity index (χ3v) is 3.21. The molecule has 1 aliphatic rings. The molecule has 1 aromatic heterocycles. The van der Waals surface area contributed by atoms with Crippen LogP contribution in [0.1, 0.15) is 24.8 Å². The number of hydrogen-bond acceptors (Lipinski definition) is 2. The zero-order valence-electron chi connectivity index (χ0n) is 9.35. The fraction of sp³-hybridized carbons (Fsp3) is 0.500. The van der Waals surface area contributed by atoms with E-state index in [1.54, 1.807) is 6.20 Å². The standard InChI is InChI=1S/C12H17N3S/c16-12(15-7-2-1-3-8-15)14-10-11-5-4-6-13-9-11/h4-6,9H,1-3,7-8,10H2,(H,14,16). The van der Waals surface area contributed by atoms with Gasteiger partial charge in [0.05, 0.1) is 0 Å². The average Bonchev–Trinajstić information content (AvgIpc) is 2.38. The Kier molecular flexibility index (Phi) is 4.10. The number of hydrogen-bond donors (Lipinski definition) is 1. The predicted octanol–water partition coefficient (Wildman–Crippen LogP) is 1.94. The molecular weight excluding hydrogens is 218 g/mol. The van der Waals surface area contributed by atoms with Crippen LogP contribution < -0.4 is 5.32 Å². The smallest absolute Gasteiger partial charge is 0.169 e. The molecule has 1 fully saturated rings. The predicted molar refractivity (Wildman–Crippen MR) is 69.1 cm³/mol. The van der Waals surface area contributed by atoms with Gasteiger partial charge in [-0.3, -0.25) is 4.98 Å². The Bertz CT molecular complexity index is 333. The summed E-state index contributed by atoms with van der Waals surface area (Å²) in [6.45, 7) is 2.96. The second-order valence-corrected chi connectivity index (χ2v) is 4.45. The first-order valence-corrected chi connectivity index (χ1v) is 6.19. The SMILES string of the molecule is S=C(NCc1cccnc1)N1CCCCC1. The second-order valence-electron chi connectivity index (χ2n) is 4.07. The highest BCUT2D eigenvalue weighted by atomic mass is 32.1. The second kappa shape index (κ2) is 5.80. The largest absolute Gasteiger partial charge is 0.358 e. The highest BCUT2D eigenvalue weighted by Gasteiger charge is 2.12. The lowest BCUT2D eigenvalue weighted by atomic mass is 10.1. The molecule has 1 N–H and O–H groups in total. The number of pyridine rings is 1. The van der Waals surface area contributed by atoms with Gasteiger partial charge < -0.3 is 10.2 Å². The van der Waals surface area contributed by atoms with Gasteiger partial charge in [0.25, 0.3) is 0 Å². The molecule has 1 aliphatic heterocycles.